The Labute approximate surface area is 153 Å². The van der Waals surface area contributed by atoms with Gasteiger partial charge in [-0.3, -0.25) is 4.98 Å². The molecule has 0 radical (unpaired) electrons. The van der Waals surface area contributed by atoms with Crippen molar-refractivity contribution in [1.82, 2.24) is 4.98 Å². The molecule has 1 aromatic heterocycles. The molecule has 0 bridgehead atoms. The Hall–Kier alpha value is -1.75. The number of benzene rings is 2. The first kappa shape index (κ1) is 15.8. The van der Waals surface area contributed by atoms with Gasteiger partial charge in [-0.15, -0.1) is 11.8 Å². The summed E-state index contributed by atoms with van der Waals surface area (Å²) in [5.41, 5.74) is 4.39. The van der Waals surface area contributed by atoms with Crippen molar-refractivity contribution in [3.05, 3.63) is 64.5 Å². The minimum absolute atomic E-state index is 0.0275. The standard InChI is InChI=1S/C18H11Cl2FN2S/c19-13-8-15(21)14(20)7-12(13)18-11(2-1-5-22-18)10-3-4-16-17(6-10)24-9-23-16/h1-8,23H,9H2. The molecule has 0 fully saturated rings. The van der Waals surface area contributed by atoms with Crippen LogP contribution in [0.4, 0.5) is 10.1 Å². The molecule has 0 saturated carbocycles. The number of aromatic nitrogens is 1. The second kappa shape index (κ2) is 6.28. The third-order valence-electron chi connectivity index (χ3n) is 3.86. The molecule has 6 heteroatoms. The fourth-order valence-electron chi connectivity index (χ4n) is 2.70. The van der Waals surface area contributed by atoms with Crippen molar-refractivity contribution in [2.75, 3.05) is 11.2 Å². The summed E-state index contributed by atoms with van der Waals surface area (Å²) in [5.74, 6) is 0.334. The molecule has 0 atom stereocenters. The Morgan fingerprint density at radius 3 is 2.79 bits per heavy atom. The lowest BCUT2D eigenvalue weighted by molar-refractivity contribution is 0.628. The first-order valence-corrected chi connectivity index (χ1v) is 8.98. The zero-order valence-corrected chi connectivity index (χ0v) is 14.6. The molecule has 1 aliphatic heterocycles. The van der Waals surface area contributed by atoms with Crippen molar-refractivity contribution in [3.8, 4) is 22.4 Å². The number of thioether (sulfide) groups is 1. The number of hydrogen-bond donors (Lipinski definition) is 1. The number of rotatable bonds is 2. The van der Waals surface area contributed by atoms with E-state index in [0.29, 0.717) is 11.3 Å². The second-order valence-corrected chi connectivity index (χ2v) is 7.15. The SMILES string of the molecule is Fc1cc(Cl)c(-c2ncccc2-c2ccc3c(c2)SCN3)cc1Cl. The van der Waals surface area contributed by atoms with E-state index >= 15 is 0 Å². The summed E-state index contributed by atoms with van der Waals surface area (Å²) in [6.45, 7) is 0. The van der Waals surface area contributed by atoms with E-state index in [1.807, 2.05) is 18.2 Å². The molecule has 2 heterocycles. The van der Waals surface area contributed by atoms with Gasteiger partial charge in [-0.05, 0) is 35.9 Å². The van der Waals surface area contributed by atoms with Gasteiger partial charge in [0.15, 0.2) is 0 Å². The summed E-state index contributed by atoms with van der Waals surface area (Å²) in [7, 11) is 0. The van der Waals surface area contributed by atoms with Crippen LogP contribution < -0.4 is 5.32 Å². The summed E-state index contributed by atoms with van der Waals surface area (Å²) < 4.78 is 13.6. The van der Waals surface area contributed by atoms with Crippen LogP contribution in [0, 0.1) is 5.82 Å². The quantitative estimate of drug-likeness (QED) is 0.528. The highest BCUT2D eigenvalue weighted by atomic mass is 35.5. The maximum Gasteiger partial charge on any atom is 0.143 e. The Balaban J connectivity index is 1.89. The number of pyridine rings is 1. The molecule has 0 unspecified atom stereocenters. The lowest BCUT2D eigenvalue weighted by atomic mass is 9.99. The van der Waals surface area contributed by atoms with Crippen LogP contribution in [0.3, 0.4) is 0 Å². The first-order valence-electron chi connectivity index (χ1n) is 7.24. The highest BCUT2D eigenvalue weighted by molar-refractivity contribution is 7.99. The number of anilines is 1. The Bertz CT molecular complexity index is 946. The molecule has 0 aliphatic carbocycles. The van der Waals surface area contributed by atoms with Crippen LogP contribution in [0.5, 0.6) is 0 Å². The second-order valence-electron chi connectivity index (χ2n) is 5.32. The van der Waals surface area contributed by atoms with Crippen molar-refractivity contribution in [3.63, 3.8) is 0 Å². The van der Waals surface area contributed by atoms with Crippen LogP contribution in [-0.2, 0) is 0 Å². The molecule has 0 saturated heterocycles. The topological polar surface area (TPSA) is 24.9 Å². The van der Waals surface area contributed by atoms with Gasteiger partial charge in [-0.25, -0.2) is 4.39 Å². The van der Waals surface area contributed by atoms with E-state index in [-0.39, 0.29) is 10.0 Å². The Morgan fingerprint density at radius 1 is 1.04 bits per heavy atom. The molecule has 24 heavy (non-hydrogen) atoms. The van der Waals surface area contributed by atoms with E-state index in [4.69, 9.17) is 23.2 Å². The molecule has 0 spiro atoms. The van der Waals surface area contributed by atoms with Gasteiger partial charge in [0.2, 0.25) is 0 Å². The van der Waals surface area contributed by atoms with Crippen LogP contribution in [-0.4, -0.2) is 10.9 Å². The number of nitrogens with one attached hydrogen (secondary N) is 1. The van der Waals surface area contributed by atoms with Gasteiger partial charge in [0.25, 0.3) is 0 Å². The summed E-state index contributed by atoms with van der Waals surface area (Å²) in [6, 6.07) is 12.8. The first-order chi connectivity index (χ1) is 11.6. The molecule has 120 valence electrons. The Kier molecular flexibility index (Phi) is 4.12. The van der Waals surface area contributed by atoms with Crippen LogP contribution in [0.2, 0.25) is 10.0 Å². The van der Waals surface area contributed by atoms with E-state index in [0.717, 1.165) is 22.7 Å². The van der Waals surface area contributed by atoms with E-state index in [1.165, 1.54) is 17.0 Å². The van der Waals surface area contributed by atoms with Crippen LogP contribution in [0.15, 0.2) is 53.6 Å². The fraction of sp³-hybridized carbons (Fsp3) is 0.0556. The molecule has 2 aromatic carbocycles. The molecule has 0 amide bonds. The van der Waals surface area contributed by atoms with Gasteiger partial charge in [-0.1, -0.05) is 35.3 Å². The van der Waals surface area contributed by atoms with Crippen molar-refractivity contribution in [1.29, 1.82) is 0 Å². The summed E-state index contributed by atoms with van der Waals surface area (Å²) >= 11 is 13.9. The zero-order chi connectivity index (χ0) is 16.7. The number of hydrogen-bond acceptors (Lipinski definition) is 3. The van der Waals surface area contributed by atoms with Gasteiger partial charge in [0, 0.05) is 27.9 Å². The minimum Gasteiger partial charge on any atom is -0.375 e. The molecule has 2 nitrogen and oxygen atoms in total. The van der Waals surface area contributed by atoms with Crippen molar-refractivity contribution in [2.45, 2.75) is 4.90 Å². The number of nitrogens with zero attached hydrogens (tertiary/aromatic N) is 1. The van der Waals surface area contributed by atoms with E-state index in [2.05, 4.69) is 22.4 Å². The average molecular weight is 377 g/mol. The highest BCUT2D eigenvalue weighted by Crippen LogP contribution is 2.40. The number of fused-ring (bicyclic) bond motifs is 1. The molecular formula is C18H11Cl2FN2S. The van der Waals surface area contributed by atoms with E-state index < -0.39 is 5.82 Å². The Morgan fingerprint density at radius 2 is 1.92 bits per heavy atom. The zero-order valence-electron chi connectivity index (χ0n) is 12.3. The maximum absolute atomic E-state index is 13.6. The van der Waals surface area contributed by atoms with Gasteiger partial charge >= 0.3 is 0 Å². The lowest BCUT2D eigenvalue weighted by Gasteiger charge is -2.12. The summed E-state index contributed by atoms with van der Waals surface area (Å²) in [5, 5.41) is 3.63. The van der Waals surface area contributed by atoms with Gasteiger partial charge in [0.1, 0.15) is 5.82 Å². The molecule has 1 N–H and O–H groups in total. The molecular weight excluding hydrogens is 366 g/mol. The van der Waals surface area contributed by atoms with Crippen LogP contribution >= 0.6 is 35.0 Å². The van der Waals surface area contributed by atoms with Crippen LogP contribution in [0.1, 0.15) is 0 Å². The third kappa shape index (κ3) is 2.75. The molecule has 4 rings (SSSR count). The van der Waals surface area contributed by atoms with E-state index in [9.17, 15) is 4.39 Å². The lowest BCUT2D eigenvalue weighted by Crippen LogP contribution is -1.92. The number of halogens is 3. The van der Waals surface area contributed by atoms with Crippen LogP contribution in [0.25, 0.3) is 22.4 Å². The van der Waals surface area contributed by atoms with E-state index in [1.54, 1.807) is 18.0 Å². The predicted molar refractivity (Wildman–Crippen MR) is 99.4 cm³/mol. The normalized spacial score (nSPS) is 12.8. The highest BCUT2D eigenvalue weighted by Gasteiger charge is 2.17. The van der Waals surface area contributed by atoms with Gasteiger partial charge < -0.3 is 5.32 Å². The summed E-state index contributed by atoms with van der Waals surface area (Å²) in [6.07, 6.45) is 1.69. The van der Waals surface area contributed by atoms with Crippen molar-refractivity contribution < 1.29 is 4.39 Å². The summed E-state index contributed by atoms with van der Waals surface area (Å²) in [4.78, 5) is 5.66. The predicted octanol–water partition coefficient (Wildman–Crippen LogP) is 6.34. The van der Waals surface area contributed by atoms with Crippen molar-refractivity contribution in [2.24, 2.45) is 0 Å². The van der Waals surface area contributed by atoms with Gasteiger partial charge in [0.05, 0.1) is 21.6 Å². The fourth-order valence-corrected chi connectivity index (χ4v) is 4.00. The maximum atomic E-state index is 13.6. The monoisotopic (exact) mass is 376 g/mol. The molecule has 1 aliphatic rings. The molecule has 3 aromatic rings. The third-order valence-corrected chi connectivity index (χ3v) is 5.40. The average Bonchev–Trinajstić information content (AvgIpc) is 3.06. The van der Waals surface area contributed by atoms with Gasteiger partial charge in [-0.2, -0.15) is 0 Å². The smallest absolute Gasteiger partial charge is 0.143 e. The van der Waals surface area contributed by atoms with Crippen molar-refractivity contribution >= 4 is 40.7 Å². The minimum atomic E-state index is -0.539. The largest absolute Gasteiger partial charge is 0.375 e.